The van der Waals surface area contributed by atoms with Gasteiger partial charge in [0.15, 0.2) is 5.78 Å². The Morgan fingerprint density at radius 1 is 1.32 bits per heavy atom. The van der Waals surface area contributed by atoms with Gasteiger partial charge in [0.1, 0.15) is 11.6 Å². The molecule has 2 rings (SSSR count). The van der Waals surface area contributed by atoms with E-state index in [1.54, 1.807) is 6.20 Å². The molecule has 0 aliphatic heterocycles. The van der Waals surface area contributed by atoms with Crippen molar-refractivity contribution in [1.82, 2.24) is 9.55 Å². The molecule has 4 heteroatoms. The lowest BCUT2D eigenvalue weighted by atomic mass is 10.1. The van der Waals surface area contributed by atoms with Gasteiger partial charge in [-0.15, -0.1) is 0 Å². The van der Waals surface area contributed by atoms with Gasteiger partial charge in [0.05, 0.1) is 6.61 Å². The molecule has 0 amide bonds. The summed E-state index contributed by atoms with van der Waals surface area (Å²) in [7, 11) is 1.97. The lowest BCUT2D eigenvalue weighted by Crippen LogP contribution is -2.06. The number of nitrogens with zero attached hydrogens (tertiary/aromatic N) is 2. The number of Topliss-reactive ketones (excluding diaryl/α,β-unsaturated/α-hetero) is 1. The van der Waals surface area contributed by atoms with Crippen molar-refractivity contribution in [2.75, 3.05) is 6.61 Å². The van der Waals surface area contributed by atoms with Crippen LogP contribution in [0.1, 0.15) is 29.5 Å². The van der Waals surface area contributed by atoms with Crippen LogP contribution in [0.2, 0.25) is 0 Å². The number of hydrogen-bond donors (Lipinski definition) is 0. The molecule has 1 aromatic heterocycles. The molecule has 0 saturated carbocycles. The molecule has 0 radical (unpaired) electrons. The number of aryl methyl sites for hydroxylation is 1. The van der Waals surface area contributed by atoms with Crippen LogP contribution in [-0.2, 0) is 13.5 Å². The Bertz CT molecular complexity index is 544. The SMILES string of the molecule is CCC(=O)c1ccc(OCCc2nccn2C)cc1. The number of rotatable bonds is 6. The summed E-state index contributed by atoms with van der Waals surface area (Å²) in [5.74, 6) is 1.93. The van der Waals surface area contributed by atoms with E-state index in [-0.39, 0.29) is 5.78 Å². The van der Waals surface area contributed by atoms with Crippen LogP contribution in [0.15, 0.2) is 36.7 Å². The molecule has 19 heavy (non-hydrogen) atoms. The zero-order chi connectivity index (χ0) is 13.7. The van der Waals surface area contributed by atoms with Gasteiger partial charge in [-0.05, 0) is 24.3 Å². The molecule has 100 valence electrons. The first-order chi connectivity index (χ1) is 9.20. The predicted molar refractivity (Wildman–Crippen MR) is 73.5 cm³/mol. The summed E-state index contributed by atoms with van der Waals surface area (Å²) in [6.45, 7) is 2.44. The molecule has 0 aliphatic carbocycles. The third kappa shape index (κ3) is 3.44. The number of aromatic nitrogens is 2. The highest BCUT2D eigenvalue weighted by atomic mass is 16.5. The molecule has 0 aliphatic rings. The van der Waals surface area contributed by atoms with Crippen LogP contribution in [0.25, 0.3) is 0 Å². The first-order valence-electron chi connectivity index (χ1n) is 6.43. The van der Waals surface area contributed by atoms with Gasteiger partial charge in [-0.25, -0.2) is 4.98 Å². The summed E-state index contributed by atoms with van der Waals surface area (Å²) in [5, 5.41) is 0. The zero-order valence-corrected chi connectivity index (χ0v) is 11.3. The van der Waals surface area contributed by atoms with Crippen molar-refractivity contribution in [3.8, 4) is 5.75 Å². The molecule has 0 spiro atoms. The first-order valence-corrected chi connectivity index (χ1v) is 6.43. The molecular formula is C15H18N2O2. The van der Waals surface area contributed by atoms with E-state index in [9.17, 15) is 4.79 Å². The second-order valence-electron chi connectivity index (χ2n) is 4.35. The van der Waals surface area contributed by atoms with Crippen molar-refractivity contribution in [1.29, 1.82) is 0 Å². The van der Waals surface area contributed by atoms with E-state index in [1.807, 2.05) is 49.0 Å². The monoisotopic (exact) mass is 258 g/mol. The van der Waals surface area contributed by atoms with E-state index >= 15 is 0 Å². The molecular weight excluding hydrogens is 240 g/mol. The van der Waals surface area contributed by atoms with Gasteiger partial charge in [-0.2, -0.15) is 0 Å². The standard InChI is InChI=1S/C15H18N2O2/c1-3-14(18)12-4-6-13(7-5-12)19-11-8-15-16-9-10-17(15)2/h4-7,9-10H,3,8,11H2,1-2H3. The number of ketones is 1. The topological polar surface area (TPSA) is 44.1 Å². The second kappa shape index (κ2) is 6.18. The van der Waals surface area contributed by atoms with Gasteiger partial charge in [0.25, 0.3) is 0 Å². The Morgan fingerprint density at radius 2 is 2.05 bits per heavy atom. The molecule has 0 unspecified atom stereocenters. The minimum absolute atomic E-state index is 0.152. The van der Waals surface area contributed by atoms with E-state index in [0.717, 1.165) is 23.6 Å². The van der Waals surface area contributed by atoms with Crippen LogP contribution in [0.3, 0.4) is 0 Å². The van der Waals surface area contributed by atoms with Gasteiger partial charge in [0.2, 0.25) is 0 Å². The largest absolute Gasteiger partial charge is 0.493 e. The zero-order valence-electron chi connectivity index (χ0n) is 11.3. The Kier molecular flexibility index (Phi) is 4.34. The summed E-state index contributed by atoms with van der Waals surface area (Å²) >= 11 is 0. The van der Waals surface area contributed by atoms with Crippen LogP contribution in [0.5, 0.6) is 5.75 Å². The van der Waals surface area contributed by atoms with Gasteiger partial charge in [-0.3, -0.25) is 4.79 Å². The van der Waals surface area contributed by atoms with E-state index in [1.165, 1.54) is 0 Å². The van der Waals surface area contributed by atoms with Crippen LogP contribution in [-0.4, -0.2) is 21.9 Å². The summed E-state index contributed by atoms with van der Waals surface area (Å²) in [5.41, 5.74) is 0.735. The predicted octanol–water partition coefficient (Wildman–Crippen LogP) is 2.63. The average molecular weight is 258 g/mol. The van der Waals surface area contributed by atoms with Gasteiger partial charge in [-0.1, -0.05) is 6.92 Å². The molecule has 0 atom stereocenters. The summed E-state index contributed by atoms with van der Waals surface area (Å²) < 4.78 is 7.62. The third-order valence-corrected chi connectivity index (χ3v) is 3.01. The Morgan fingerprint density at radius 3 is 2.63 bits per heavy atom. The van der Waals surface area contributed by atoms with Crippen molar-refractivity contribution in [2.45, 2.75) is 19.8 Å². The lowest BCUT2D eigenvalue weighted by molar-refractivity contribution is 0.0988. The number of hydrogen-bond acceptors (Lipinski definition) is 3. The third-order valence-electron chi connectivity index (χ3n) is 3.01. The molecule has 4 nitrogen and oxygen atoms in total. The number of carbonyl (C=O) groups is 1. The normalized spacial score (nSPS) is 10.4. The molecule has 1 aromatic carbocycles. The fourth-order valence-electron chi connectivity index (χ4n) is 1.84. The van der Waals surface area contributed by atoms with E-state index in [2.05, 4.69) is 4.98 Å². The molecule has 0 bridgehead atoms. The van der Waals surface area contributed by atoms with Crippen LogP contribution in [0.4, 0.5) is 0 Å². The maximum atomic E-state index is 11.5. The molecule has 0 fully saturated rings. The van der Waals surface area contributed by atoms with Crippen molar-refractivity contribution in [3.63, 3.8) is 0 Å². The molecule has 1 heterocycles. The number of carbonyl (C=O) groups excluding carboxylic acids is 1. The number of ether oxygens (including phenoxy) is 1. The summed E-state index contributed by atoms with van der Waals surface area (Å²) in [6.07, 6.45) is 4.99. The molecule has 2 aromatic rings. The van der Waals surface area contributed by atoms with E-state index in [4.69, 9.17) is 4.74 Å². The van der Waals surface area contributed by atoms with E-state index < -0.39 is 0 Å². The summed E-state index contributed by atoms with van der Waals surface area (Å²) in [4.78, 5) is 15.7. The highest BCUT2D eigenvalue weighted by Gasteiger charge is 2.03. The Labute approximate surface area is 113 Å². The lowest BCUT2D eigenvalue weighted by Gasteiger charge is -2.07. The van der Waals surface area contributed by atoms with E-state index in [0.29, 0.717) is 13.0 Å². The molecule has 0 N–H and O–H groups in total. The first kappa shape index (κ1) is 13.3. The minimum Gasteiger partial charge on any atom is -0.493 e. The van der Waals surface area contributed by atoms with Crippen molar-refractivity contribution >= 4 is 5.78 Å². The minimum atomic E-state index is 0.152. The highest BCUT2D eigenvalue weighted by Crippen LogP contribution is 2.13. The van der Waals surface area contributed by atoms with Crippen LogP contribution in [0, 0.1) is 0 Å². The van der Waals surface area contributed by atoms with Crippen LogP contribution < -0.4 is 4.74 Å². The fraction of sp³-hybridized carbons (Fsp3) is 0.333. The quantitative estimate of drug-likeness (QED) is 0.748. The second-order valence-corrected chi connectivity index (χ2v) is 4.35. The van der Waals surface area contributed by atoms with Gasteiger partial charge < -0.3 is 9.30 Å². The molecule has 0 saturated heterocycles. The van der Waals surface area contributed by atoms with Gasteiger partial charge in [0, 0.05) is 37.8 Å². The average Bonchev–Trinajstić information content (AvgIpc) is 2.84. The Hall–Kier alpha value is -2.10. The number of imidazole rings is 1. The Balaban J connectivity index is 1.86. The maximum absolute atomic E-state index is 11.5. The highest BCUT2D eigenvalue weighted by molar-refractivity contribution is 5.95. The fourth-order valence-corrected chi connectivity index (χ4v) is 1.84. The van der Waals surface area contributed by atoms with Crippen LogP contribution >= 0.6 is 0 Å². The number of benzene rings is 1. The smallest absolute Gasteiger partial charge is 0.162 e. The summed E-state index contributed by atoms with van der Waals surface area (Å²) in [6, 6.07) is 7.28. The van der Waals surface area contributed by atoms with Crippen molar-refractivity contribution < 1.29 is 9.53 Å². The maximum Gasteiger partial charge on any atom is 0.162 e. The van der Waals surface area contributed by atoms with Gasteiger partial charge >= 0.3 is 0 Å². The van der Waals surface area contributed by atoms with Crippen molar-refractivity contribution in [3.05, 3.63) is 48.0 Å². The van der Waals surface area contributed by atoms with Crippen molar-refractivity contribution in [2.24, 2.45) is 7.05 Å².